The van der Waals surface area contributed by atoms with Gasteiger partial charge in [0.05, 0.1) is 18.9 Å². The first kappa shape index (κ1) is 13.5. The minimum atomic E-state index is -0.402. The molecule has 5 nitrogen and oxygen atoms in total. The molecule has 0 amide bonds. The van der Waals surface area contributed by atoms with E-state index in [9.17, 15) is 9.90 Å². The van der Waals surface area contributed by atoms with Gasteiger partial charge in [-0.2, -0.15) is 0 Å². The predicted octanol–water partition coefficient (Wildman–Crippen LogP) is 1.07. The lowest BCUT2D eigenvalue weighted by atomic mass is 10.00. The van der Waals surface area contributed by atoms with Crippen molar-refractivity contribution in [2.45, 2.75) is 25.5 Å². The van der Waals surface area contributed by atoms with Crippen LogP contribution in [0.15, 0.2) is 18.2 Å². The fourth-order valence-corrected chi connectivity index (χ4v) is 3.47. The van der Waals surface area contributed by atoms with Crippen LogP contribution >= 0.6 is 0 Å². The lowest BCUT2D eigenvalue weighted by Gasteiger charge is -2.17. The summed E-state index contributed by atoms with van der Waals surface area (Å²) in [7, 11) is 1.36. The topological polar surface area (TPSA) is 62.7 Å². The average molecular weight is 276 g/mol. The molecule has 0 bridgehead atoms. The monoisotopic (exact) mass is 276 g/mol. The molecule has 3 rings (SSSR count). The van der Waals surface area contributed by atoms with E-state index >= 15 is 0 Å². The van der Waals surface area contributed by atoms with Crippen molar-refractivity contribution in [3.8, 4) is 0 Å². The SMILES string of the molecule is COC(=O)c1cccc(CN2CC3CCC(O)C3C2)n1. The highest BCUT2D eigenvalue weighted by Gasteiger charge is 2.41. The van der Waals surface area contributed by atoms with Crippen molar-refractivity contribution in [3.05, 3.63) is 29.6 Å². The molecule has 2 heterocycles. The third-order valence-electron chi connectivity index (χ3n) is 4.48. The molecule has 0 aromatic carbocycles. The lowest BCUT2D eigenvalue weighted by molar-refractivity contribution is 0.0593. The van der Waals surface area contributed by atoms with Crippen molar-refractivity contribution < 1.29 is 14.6 Å². The van der Waals surface area contributed by atoms with Crippen LogP contribution in [-0.2, 0) is 11.3 Å². The Morgan fingerprint density at radius 1 is 1.45 bits per heavy atom. The average Bonchev–Trinajstić information content (AvgIpc) is 3.00. The maximum Gasteiger partial charge on any atom is 0.356 e. The van der Waals surface area contributed by atoms with Gasteiger partial charge in [-0.25, -0.2) is 9.78 Å². The Morgan fingerprint density at radius 2 is 2.30 bits per heavy atom. The van der Waals surface area contributed by atoms with Crippen molar-refractivity contribution >= 4 is 5.97 Å². The third-order valence-corrected chi connectivity index (χ3v) is 4.48. The van der Waals surface area contributed by atoms with Crippen LogP contribution in [0.4, 0.5) is 0 Å². The highest BCUT2D eigenvalue weighted by Crippen LogP contribution is 2.38. The van der Waals surface area contributed by atoms with Crippen molar-refractivity contribution in [3.63, 3.8) is 0 Å². The maximum absolute atomic E-state index is 11.5. The van der Waals surface area contributed by atoms with Gasteiger partial charge in [0.2, 0.25) is 0 Å². The van der Waals surface area contributed by atoms with E-state index in [0.29, 0.717) is 17.5 Å². The van der Waals surface area contributed by atoms with Crippen LogP contribution in [0.3, 0.4) is 0 Å². The molecule has 1 aliphatic carbocycles. The Kier molecular flexibility index (Phi) is 3.72. The molecule has 1 aromatic heterocycles. The summed E-state index contributed by atoms with van der Waals surface area (Å²) in [5.74, 6) is 0.633. The molecular formula is C15H20N2O3. The number of rotatable bonds is 3. The molecule has 3 atom stereocenters. The number of nitrogens with zero attached hydrogens (tertiary/aromatic N) is 2. The Labute approximate surface area is 118 Å². The van der Waals surface area contributed by atoms with Crippen molar-refractivity contribution in [1.29, 1.82) is 0 Å². The highest BCUT2D eigenvalue weighted by atomic mass is 16.5. The number of hydrogen-bond donors (Lipinski definition) is 1. The summed E-state index contributed by atoms with van der Waals surface area (Å²) in [6, 6.07) is 5.43. The molecule has 1 aromatic rings. The van der Waals surface area contributed by atoms with Gasteiger partial charge >= 0.3 is 5.97 Å². The zero-order valence-corrected chi connectivity index (χ0v) is 11.7. The zero-order chi connectivity index (χ0) is 14.1. The Bertz CT molecular complexity index is 506. The molecule has 1 aliphatic heterocycles. The van der Waals surface area contributed by atoms with Crippen LogP contribution in [0.25, 0.3) is 0 Å². The van der Waals surface area contributed by atoms with E-state index in [-0.39, 0.29) is 6.10 Å². The summed E-state index contributed by atoms with van der Waals surface area (Å²) < 4.78 is 4.69. The van der Waals surface area contributed by atoms with E-state index in [1.54, 1.807) is 6.07 Å². The molecule has 1 saturated heterocycles. The number of aromatic nitrogens is 1. The minimum Gasteiger partial charge on any atom is -0.464 e. The number of likely N-dealkylation sites (tertiary alicyclic amines) is 1. The van der Waals surface area contributed by atoms with E-state index in [0.717, 1.165) is 38.2 Å². The molecule has 2 fully saturated rings. The number of hydrogen-bond acceptors (Lipinski definition) is 5. The number of pyridine rings is 1. The number of fused-ring (bicyclic) bond motifs is 1. The number of aliphatic hydroxyl groups is 1. The summed E-state index contributed by atoms with van der Waals surface area (Å²) in [6.07, 6.45) is 1.93. The quantitative estimate of drug-likeness (QED) is 0.837. The predicted molar refractivity (Wildman–Crippen MR) is 73.1 cm³/mol. The Morgan fingerprint density at radius 3 is 3.05 bits per heavy atom. The molecule has 108 valence electrons. The molecular weight excluding hydrogens is 256 g/mol. The van der Waals surface area contributed by atoms with Crippen LogP contribution < -0.4 is 0 Å². The van der Waals surface area contributed by atoms with Gasteiger partial charge in [0.1, 0.15) is 5.69 Å². The molecule has 0 spiro atoms. The van der Waals surface area contributed by atoms with E-state index in [1.807, 2.05) is 12.1 Å². The smallest absolute Gasteiger partial charge is 0.356 e. The first-order valence-electron chi connectivity index (χ1n) is 7.12. The van der Waals surface area contributed by atoms with Crippen molar-refractivity contribution in [2.24, 2.45) is 11.8 Å². The van der Waals surface area contributed by atoms with Gasteiger partial charge in [-0.05, 0) is 30.9 Å². The maximum atomic E-state index is 11.5. The Hall–Kier alpha value is -1.46. The summed E-state index contributed by atoms with van der Waals surface area (Å²) in [5, 5.41) is 9.93. The number of ether oxygens (including phenoxy) is 1. The van der Waals surface area contributed by atoms with Crippen molar-refractivity contribution in [2.75, 3.05) is 20.2 Å². The second-order valence-corrected chi connectivity index (χ2v) is 5.77. The molecule has 20 heavy (non-hydrogen) atoms. The Balaban J connectivity index is 1.66. The molecule has 1 N–H and O–H groups in total. The van der Waals surface area contributed by atoms with E-state index < -0.39 is 5.97 Å². The molecule has 0 radical (unpaired) electrons. The number of aliphatic hydroxyl groups excluding tert-OH is 1. The summed E-state index contributed by atoms with van der Waals surface area (Å²) in [5.41, 5.74) is 1.23. The van der Waals surface area contributed by atoms with Crippen LogP contribution in [0.5, 0.6) is 0 Å². The second-order valence-electron chi connectivity index (χ2n) is 5.77. The van der Waals surface area contributed by atoms with Gasteiger partial charge < -0.3 is 9.84 Å². The van der Waals surface area contributed by atoms with E-state index in [2.05, 4.69) is 14.6 Å². The van der Waals surface area contributed by atoms with E-state index in [1.165, 1.54) is 7.11 Å². The van der Waals surface area contributed by atoms with Gasteiger partial charge in [-0.3, -0.25) is 4.90 Å². The first-order valence-corrected chi connectivity index (χ1v) is 7.12. The summed E-state index contributed by atoms with van der Waals surface area (Å²) >= 11 is 0. The molecule has 5 heteroatoms. The normalized spacial score (nSPS) is 29.4. The molecule has 3 unspecified atom stereocenters. The summed E-state index contributed by atoms with van der Waals surface area (Å²) in [4.78, 5) is 18.1. The second kappa shape index (κ2) is 5.50. The van der Waals surface area contributed by atoms with Crippen LogP contribution in [0.2, 0.25) is 0 Å². The number of methoxy groups -OCH3 is 1. The first-order chi connectivity index (χ1) is 9.67. The molecule has 2 aliphatic rings. The molecule has 1 saturated carbocycles. The minimum absolute atomic E-state index is 0.139. The van der Waals surface area contributed by atoms with Gasteiger partial charge in [0, 0.05) is 25.6 Å². The number of carbonyl (C=O) groups excluding carboxylic acids is 1. The largest absolute Gasteiger partial charge is 0.464 e. The fraction of sp³-hybridized carbons (Fsp3) is 0.600. The van der Waals surface area contributed by atoms with Gasteiger partial charge in [0.15, 0.2) is 0 Å². The number of esters is 1. The third kappa shape index (κ3) is 2.55. The lowest BCUT2D eigenvalue weighted by Crippen LogP contribution is -2.25. The zero-order valence-electron chi connectivity index (χ0n) is 11.7. The van der Waals surface area contributed by atoms with Crippen LogP contribution in [0.1, 0.15) is 29.0 Å². The van der Waals surface area contributed by atoms with Gasteiger partial charge in [0.25, 0.3) is 0 Å². The fourth-order valence-electron chi connectivity index (χ4n) is 3.47. The van der Waals surface area contributed by atoms with Crippen molar-refractivity contribution in [1.82, 2.24) is 9.88 Å². The van der Waals surface area contributed by atoms with Gasteiger partial charge in [-0.1, -0.05) is 6.07 Å². The standard InChI is InChI=1S/C15H20N2O3/c1-20-15(19)13-4-2-3-11(16-13)8-17-7-10-5-6-14(18)12(10)9-17/h2-4,10,12,14,18H,5-9H2,1H3. The van der Waals surface area contributed by atoms with Crippen LogP contribution in [-0.4, -0.2) is 47.3 Å². The van der Waals surface area contributed by atoms with E-state index in [4.69, 9.17) is 0 Å². The highest BCUT2D eigenvalue weighted by molar-refractivity contribution is 5.87. The van der Waals surface area contributed by atoms with Gasteiger partial charge in [-0.15, -0.1) is 0 Å². The van der Waals surface area contributed by atoms with Crippen LogP contribution in [0, 0.1) is 11.8 Å². The summed E-state index contributed by atoms with van der Waals surface area (Å²) in [6.45, 7) is 2.67. The number of carbonyl (C=O) groups is 1.